The molecule has 0 radical (unpaired) electrons. The minimum Gasteiger partial charge on any atom is -0.0916 e. The second-order valence-electron chi connectivity index (χ2n) is 6.91. The molecule has 1 atom stereocenters. The van der Waals surface area contributed by atoms with Gasteiger partial charge in [0.1, 0.15) is 0 Å². The van der Waals surface area contributed by atoms with Crippen LogP contribution in [0.4, 0.5) is 0 Å². The van der Waals surface area contributed by atoms with Gasteiger partial charge in [-0.15, -0.1) is 0 Å². The predicted molar refractivity (Wildman–Crippen MR) is 92.3 cm³/mol. The van der Waals surface area contributed by atoms with Crippen LogP contribution in [0, 0.1) is 23.7 Å². The Hall–Kier alpha value is 0.960. The molecule has 112 valence electrons. The highest BCUT2D eigenvalue weighted by Gasteiger charge is 2.32. The van der Waals surface area contributed by atoms with Crippen molar-refractivity contribution in [3.05, 3.63) is 0 Å². The van der Waals surface area contributed by atoms with Gasteiger partial charge in [-0.3, -0.25) is 0 Å². The SMILES string of the molecule is CCCC1CCC(C2CCC(C(Br)CBr)CC2)CC1. The second-order valence-corrected chi connectivity index (χ2v) is 8.74. The molecule has 0 nitrogen and oxygen atoms in total. The van der Waals surface area contributed by atoms with E-state index in [2.05, 4.69) is 38.8 Å². The molecule has 0 aromatic carbocycles. The van der Waals surface area contributed by atoms with E-state index >= 15 is 0 Å². The molecule has 0 spiro atoms. The van der Waals surface area contributed by atoms with Crippen LogP contribution in [0.15, 0.2) is 0 Å². The summed E-state index contributed by atoms with van der Waals surface area (Å²) in [6.45, 7) is 2.34. The van der Waals surface area contributed by atoms with Crippen molar-refractivity contribution in [2.45, 2.75) is 76.0 Å². The van der Waals surface area contributed by atoms with Gasteiger partial charge in [-0.1, -0.05) is 64.5 Å². The molecule has 0 aromatic rings. The average molecular weight is 394 g/mol. The number of hydrogen-bond acceptors (Lipinski definition) is 0. The molecule has 0 bridgehead atoms. The molecule has 19 heavy (non-hydrogen) atoms. The minimum absolute atomic E-state index is 0.703. The van der Waals surface area contributed by atoms with E-state index < -0.39 is 0 Å². The van der Waals surface area contributed by atoms with Crippen molar-refractivity contribution < 1.29 is 0 Å². The van der Waals surface area contributed by atoms with Crippen LogP contribution >= 0.6 is 31.9 Å². The molecule has 0 saturated heterocycles. The highest BCUT2D eigenvalue weighted by atomic mass is 79.9. The molecule has 2 saturated carbocycles. The van der Waals surface area contributed by atoms with E-state index in [1.165, 1.54) is 64.2 Å². The first-order valence-corrected chi connectivity index (χ1v) is 10.5. The quantitative estimate of drug-likeness (QED) is 0.464. The van der Waals surface area contributed by atoms with Crippen LogP contribution in [0.3, 0.4) is 0 Å². The highest BCUT2D eigenvalue weighted by molar-refractivity contribution is 9.12. The Labute approximate surface area is 136 Å². The molecule has 0 N–H and O–H groups in total. The zero-order valence-corrected chi connectivity index (χ0v) is 15.6. The van der Waals surface area contributed by atoms with Gasteiger partial charge in [-0.05, 0) is 62.2 Å². The Morgan fingerprint density at radius 3 is 1.89 bits per heavy atom. The molecule has 0 aromatic heterocycles. The number of rotatable bonds is 5. The number of alkyl halides is 2. The summed E-state index contributed by atoms with van der Waals surface area (Å²) < 4.78 is 0. The molecule has 2 heteroatoms. The van der Waals surface area contributed by atoms with Crippen molar-refractivity contribution in [2.75, 3.05) is 5.33 Å². The van der Waals surface area contributed by atoms with E-state index in [0.717, 1.165) is 29.0 Å². The smallest absolute Gasteiger partial charge is 0.0271 e. The van der Waals surface area contributed by atoms with Gasteiger partial charge in [0.25, 0.3) is 0 Å². The summed E-state index contributed by atoms with van der Waals surface area (Å²) in [5.41, 5.74) is 0. The van der Waals surface area contributed by atoms with Crippen LogP contribution in [0.25, 0.3) is 0 Å². The van der Waals surface area contributed by atoms with Gasteiger partial charge < -0.3 is 0 Å². The van der Waals surface area contributed by atoms with Gasteiger partial charge >= 0.3 is 0 Å². The predicted octanol–water partition coefficient (Wildman–Crippen LogP) is 6.56. The van der Waals surface area contributed by atoms with E-state index in [9.17, 15) is 0 Å². The molecule has 2 aliphatic rings. The van der Waals surface area contributed by atoms with Gasteiger partial charge in [-0.2, -0.15) is 0 Å². The van der Waals surface area contributed by atoms with E-state index in [0.29, 0.717) is 4.83 Å². The van der Waals surface area contributed by atoms with Crippen LogP contribution < -0.4 is 0 Å². The van der Waals surface area contributed by atoms with E-state index in [4.69, 9.17) is 0 Å². The lowest BCUT2D eigenvalue weighted by atomic mass is 9.68. The summed E-state index contributed by atoms with van der Waals surface area (Å²) >= 11 is 7.45. The molecule has 2 aliphatic carbocycles. The van der Waals surface area contributed by atoms with Crippen molar-refractivity contribution in [1.29, 1.82) is 0 Å². The Kier molecular flexibility index (Phi) is 7.23. The first-order valence-electron chi connectivity index (χ1n) is 8.44. The maximum absolute atomic E-state index is 3.83. The maximum atomic E-state index is 3.83. The molecule has 0 amide bonds. The van der Waals surface area contributed by atoms with Gasteiger partial charge in [0.05, 0.1) is 0 Å². The molecule has 2 rings (SSSR count). The zero-order valence-electron chi connectivity index (χ0n) is 12.4. The third-order valence-electron chi connectivity index (χ3n) is 5.73. The summed E-state index contributed by atoms with van der Waals surface area (Å²) in [5, 5.41) is 1.12. The first kappa shape index (κ1) is 16.3. The standard InChI is InChI=1S/C17H30Br2/c1-2-3-13-4-6-14(7-5-13)15-8-10-16(11-9-15)17(19)12-18/h13-17H,2-12H2,1H3. The second kappa shape index (κ2) is 8.41. The van der Waals surface area contributed by atoms with Crippen LogP contribution in [-0.2, 0) is 0 Å². The van der Waals surface area contributed by atoms with E-state index in [1.807, 2.05) is 0 Å². The lowest BCUT2D eigenvalue weighted by Crippen LogP contribution is -2.28. The Morgan fingerprint density at radius 2 is 1.42 bits per heavy atom. The third-order valence-corrected chi connectivity index (χ3v) is 8.37. The number of hydrogen-bond donors (Lipinski definition) is 0. The van der Waals surface area contributed by atoms with Crippen LogP contribution in [0.1, 0.15) is 71.1 Å². The van der Waals surface area contributed by atoms with Gasteiger partial charge in [-0.25, -0.2) is 0 Å². The molecular formula is C17H30Br2. The lowest BCUT2D eigenvalue weighted by molar-refractivity contribution is 0.144. The summed E-state index contributed by atoms with van der Waals surface area (Å²) in [6, 6.07) is 0. The summed E-state index contributed by atoms with van der Waals surface area (Å²) in [6.07, 6.45) is 14.9. The Bertz CT molecular complexity index is 238. The summed E-state index contributed by atoms with van der Waals surface area (Å²) in [4.78, 5) is 0.703. The van der Waals surface area contributed by atoms with E-state index in [-0.39, 0.29) is 0 Å². The minimum atomic E-state index is 0.703. The van der Waals surface area contributed by atoms with Crippen molar-refractivity contribution in [2.24, 2.45) is 23.7 Å². The third kappa shape index (κ3) is 4.73. The fourth-order valence-electron chi connectivity index (χ4n) is 4.46. The summed E-state index contributed by atoms with van der Waals surface area (Å²) in [5.74, 6) is 4.13. The Balaban J connectivity index is 1.71. The largest absolute Gasteiger partial charge is 0.0916 e. The van der Waals surface area contributed by atoms with Gasteiger partial charge in [0.2, 0.25) is 0 Å². The molecule has 2 fully saturated rings. The molecular weight excluding hydrogens is 364 g/mol. The zero-order chi connectivity index (χ0) is 13.7. The van der Waals surface area contributed by atoms with Crippen molar-refractivity contribution in [3.8, 4) is 0 Å². The first-order chi connectivity index (χ1) is 9.24. The normalized spacial score (nSPS) is 38.1. The van der Waals surface area contributed by atoms with E-state index in [1.54, 1.807) is 0 Å². The topological polar surface area (TPSA) is 0 Å². The molecule has 0 heterocycles. The average Bonchev–Trinajstić information content (AvgIpc) is 2.48. The number of halogens is 2. The monoisotopic (exact) mass is 392 g/mol. The van der Waals surface area contributed by atoms with Crippen molar-refractivity contribution >= 4 is 31.9 Å². The van der Waals surface area contributed by atoms with Gasteiger partial charge in [0, 0.05) is 10.2 Å². The summed E-state index contributed by atoms with van der Waals surface area (Å²) in [7, 11) is 0. The fraction of sp³-hybridized carbons (Fsp3) is 1.00. The van der Waals surface area contributed by atoms with Gasteiger partial charge in [0.15, 0.2) is 0 Å². The Morgan fingerprint density at radius 1 is 0.895 bits per heavy atom. The van der Waals surface area contributed by atoms with Crippen LogP contribution in [0.5, 0.6) is 0 Å². The lowest BCUT2D eigenvalue weighted by Gasteiger charge is -2.38. The van der Waals surface area contributed by atoms with Crippen molar-refractivity contribution in [1.82, 2.24) is 0 Å². The van der Waals surface area contributed by atoms with Crippen LogP contribution in [0.2, 0.25) is 0 Å². The van der Waals surface area contributed by atoms with Crippen LogP contribution in [-0.4, -0.2) is 10.2 Å². The fourth-order valence-corrected chi connectivity index (χ4v) is 5.52. The molecule has 1 unspecified atom stereocenters. The molecule has 0 aliphatic heterocycles. The van der Waals surface area contributed by atoms with Crippen molar-refractivity contribution in [3.63, 3.8) is 0 Å². The highest BCUT2D eigenvalue weighted by Crippen LogP contribution is 2.43. The maximum Gasteiger partial charge on any atom is 0.0271 e.